The van der Waals surface area contributed by atoms with Crippen LogP contribution in [0.1, 0.15) is 13.8 Å². The first kappa shape index (κ1) is 11.7. The zero-order chi connectivity index (χ0) is 8.53. The van der Waals surface area contributed by atoms with Crippen LogP contribution in [0, 0.1) is 9.97 Å². The maximum Gasteiger partial charge on any atom is 0.569 e. The topological polar surface area (TPSA) is 18.5 Å². The van der Waals surface area contributed by atoms with Crippen molar-refractivity contribution in [3.63, 3.8) is 0 Å². The molecule has 2 nitrogen and oxygen atoms in total. The highest BCUT2D eigenvalue weighted by molar-refractivity contribution is 9.23. The van der Waals surface area contributed by atoms with Crippen LogP contribution in [0.2, 0.25) is 0 Å². The summed E-state index contributed by atoms with van der Waals surface area (Å²) in [6.07, 6.45) is -0.324. The van der Waals surface area contributed by atoms with E-state index < -0.39 is 0 Å². The van der Waals surface area contributed by atoms with Crippen LogP contribution in [0.3, 0.4) is 0 Å². The molecule has 0 fully saturated rings. The van der Waals surface area contributed by atoms with Crippen molar-refractivity contribution in [1.82, 2.24) is 0 Å². The number of hydrogen-bond donors (Lipinski definition) is 0. The molecule has 0 atom stereocenters. The van der Waals surface area contributed by atoms with E-state index in [0.29, 0.717) is 13.2 Å². The van der Waals surface area contributed by atoms with E-state index in [2.05, 4.69) is 22.9 Å². The highest BCUT2D eigenvalue weighted by Crippen LogP contribution is 1.92. The lowest BCUT2D eigenvalue weighted by Gasteiger charge is -2.09. The van der Waals surface area contributed by atoms with Gasteiger partial charge < -0.3 is 9.47 Å². The van der Waals surface area contributed by atoms with E-state index in [1.54, 1.807) is 0 Å². The second-order valence-electron chi connectivity index (χ2n) is 1.70. The van der Waals surface area contributed by atoms with Crippen molar-refractivity contribution in [2.24, 2.45) is 0 Å². The van der Waals surface area contributed by atoms with Gasteiger partial charge in [0, 0.05) is 13.2 Å². The van der Waals surface area contributed by atoms with Crippen molar-refractivity contribution in [2.75, 3.05) is 13.2 Å². The van der Waals surface area contributed by atoms with Gasteiger partial charge in [-0.3, -0.25) is 12.9 Å². The van der Waals surface area contributed by atoms with Gasteiger partial charge in [-0.1, -0.05) is 5.92 Å². The molecule has 0 aliphatic carbocycles. The molecule has 4 heteroatoms. The highest BCUT2D eigenvalue weighted by Gasteiger charge is 2.00. The molecule has 0 saturated carbocycles. The Kier molecular flexibility index (Phi) is 9.40. The van der Waals surface area contributed by atoms with Crippen LogP contribution in [-0.4, -0.2) is 37.7 Å². The fraction of sp³-hybridized carbons (Fsp3) is 0.714. The lowest BCUT2D eigenvalue weighted by atomic mass is 10.6. The number of rotatable bonds is 4. The molecular weight excluding hydrogens is 220 g/mol. The predicted octanol–water partition coefficient (Wildman–Crippen LogP) is 1.36. The molecule has 0 amide bonds. The van der Waals surface area contributed by atoms with Gasteiger partial charge in [0.2, 0.25) is 6.29 Å². The van der Waals surface area contributed by atoms with Gasteiger partial charge in [0.15, 0.2) is 0 Å². The summed E-state index contributed by atoms with van der Waals surface area (Å²) < 4.78 is 13.4. The van der Waals surface area contributed by atoms with Crippen LogP contribution < -0.4 is 0 Å². The monoisotopic (exact) mass is 230 g/mol. The summed E-state index contributed by atoms with van der Waals surface area (Å²) in [6, 6.07) is 0. The Morgan fingerprint density at radius 1 is 1.36 bits per heavy atom. The largest absolute Gasteiger partial charge is 0.569 e. The molecule has 0 heterocycles. The van der Waals surface area contributed by atoms with Crippen molar-refractivity contribution in [1.29, 1.82) is 0 Å². The van der Waals surface area contributed by atoms with Gasteiger partial charge in [0.25, 0.3) is 0 Å². The molecule has 0 unspecified atom stereocenters. The molecule has 0 aromatic heterocycles. The molecule has 0 aliphatic heterocycles. The summed E-state index contributed by atoms with van der Waals surface area (Å²) in [4.78, 5) is 0. The summed E-state index contributed by atoms with van der Waals surface area (Å²) in [5.41, 5.74) is 0. The minimum absolute atomic E-state index is 0.324. The van der Waals surface area contributed by atoms with Crippen LogP contribution in [0.4, 0.5) is 0 Å². The number of ether oxygens (including phenoxy) is 2. The molecule has 0 aliphatic rings. The molecule has 0 bridgehead atoms. The quantitative estimate of drug-likeness (QED) is 0.413. The van der Waals surface area contributed by atoms with Crippen molar-refractivity contribution in [2.45, 2.75) is 20.1 Å². The van der Waals surface area contributed by atoms with E-state index in [1.807, 2.05) is 13.8 Å². The van der Waals surface area contributed by atoms with Gasteiger partial charge >= 0.3 is 18.2 Å². The van der Waals surface area contributed by atoms with Crippen molar-refractivity contribution in [3.8, 4) is 9.97 Å². The summed E-state index contributed by atoms with van der Waals surface area (Å²) >= 11 is 2.96. The van der Waals surface area contributed by atoms with Crippen LogP contribution in [0.25, 0.3) is 0 Å². The maximum absolute atomic E-state index is 5.19. The number of hydrogen-bond acceptors (Lipinski definition) is 2. The fourth-order valence-corrected chi connectivity index (χ4v) is 1.29. The second kappa shape index (κ2) is 8.82. The van der Waals surface area contributed by atoms with Crippen molar-refractivity contribution < 1.29 is 9.47 Å². The standard InChI is InChI=1S/C7H11O2.BrH.Mg/c1-4-7(8-5-2)9-6-3;;/h7H,5-6H2,2-3H3;1H;/q;;+1/p-1. The second-order valence-corrected chi connectivity index (χ2v) is 4.00. The lowest BCUT2D eigenvalue weighted by Crippen LogP contribution is -2.14. The molecule has 11 heavy (non-hydrogen) atoms. The normalized spacial score (nSPS) is 8.73. The molecule has 0 aromatic carbocycles. The van der Waals surface area contributed by atoms with E-state index in [4.69, 9.17) is 9.47 Å². The van der Waals surface area contributed by atoms with Gasteiger partial charge in [0.05, 0.1) is 0 Å². The van der Waals surface area contributed by atoms with Crippen LogP contribution >= 0.6 is 12.9 Å². The zero-order valence-electron chi connectivity index (χ0n) is 6.89. The molecule has 0 aromatic rings. The summed E-state index contributed by atoms with van der Waals surface area (Å²) in [7, 11) is 0. The van der Waals surface area contributed by atoms with Gasteiger partial charge in [-0.05, 0) is 13.8 Å². The summed E-state index contributed by atoms with van der Waals surface area (Å²) in [6.45, 7) is 5.14. The predicted molar refractivity (Wildman–Crippen MR) is 49.5 cm³/mol. The van der Waals surface area contributed by atoms with E-state index >= 15 is 0 Å². The molecular formula is C7H11BrMgO2. The molecule has 0 spiro atoms. The molecule has 60 valence electrons. The van der Waals surface area contributed by atoms with Gasteiger partial charge in [-0.15, -0.1) is 0 Å². The SMILES string of the molecule is CCOC(C#[C][Mg][Br])OCC. The van der Waals surface area contributed by atoms with E-state index in [1.165, 1.54) is 0 Å². The third-order valence-electron chi connectivity index (χ3n) is 0.923. The zero-order valence-corrected chi connectivity index (χ0v) is 9.89. The first-order chi connectivity index (χ1) is 5.35. The highest BCUT2D eigenvalue weighted by atomic mass is 79.9. The van der Waals surface area contributed by atoms with Gasteiger partial charge in [-0.25, -0.2) is 4.05 Å². The average molecular weight is 231 g/mol. The lowest BCUT2D eigenvalue weighted by molar-refractivity contribution is -0.0969. The first-order valence-electron chi connectivity index (χ1n) is 3.62. The van der Waals surface area contributed by atoms with E-state index in [-0.39, 0.29) is 24.5 Å². The third-order valence-corrected chi connectivity index (χ3v) is 2.10. The molecule has 0 radical (unpaired) electrons. The van der Waals surface area contributed by atoms with Gasteiger partial charge in [-0.2, -0.15) is 0 Å². The minimum atomic E-state index is -0.371. The van der Waals surface area contributed by atoms with Crippen molar-refractivity contribution >= 4 is 31.1 Å². The van der Waals surface area contributed by atoms with Crippen LogP contribution in [0.5, 0.6) is 0 Å². The first-order valence-corrected chi connectivity index (χ1v) is 8.23. The van der Waals surface area contributed by atoms with Crippen LogP contribution in [-0.2, 0) is 9.47 Å². The average Bonchev–Trinajstić information content (AvgIpc) is 2.01. The molecule has 0 N–H and O–H groups in total. The maximum atomic E-state index is 5.19. The van der Waals surface area contributed by atoms with Gasteiger partial charge in [0.1, 0.15) is 0 Å². The Morgan fingerprint density at radius 3 is 2.27 bits per heavy atom. The summed E-state index contributed by atoms with van der Waals surface area (Å²) in [5, 5.41) is 0. The Bertz CT molecular complexity index is 135. The summed E-state index contributed by atoms with van der Waals surface area (Å²) in [5.74, 6) is 2.89. The van der Waals surface area contributed by atoms with Crippen LogP contribution in [0.15, 0.2) is 0 Å². The minimum Gasteiger partial charge on any atom is -0.342 e. The molecule has 0 saturated heterocycles. The van der Waals surface area contributed by atoms with E-state index in [9.17, 15) is 0 Å². The fourth-order valence-electron chi connectivity index (χ4n) is 0.556. The third kappa shape index (κ3) is 7.10. The van der Waals surface area contributed by atoms with Crippen molar-refractivity contribution in [3.05, 3.63) is 0 Å². The smallest absolute Gasteiger partial charge is 0.342 e. The Hall–Kier alpha value is 0.726. The van der Waals surface area contributed by atoms with E-state index in [0.717, 1.165) is 0 Å². The number of halogens is 1. The molecule has 0 rings (SSSR count). The Balaban J connectivity index is 3.68. The Morgan fingerprint density at radius 2 is 1.91 bits per heavy atom. The Labute approximate surface area is 83.6 Å².